The zero-order valence-electron chi connectivity index (χ0n) is 14.8. The van der Waals surface area contributed by atoms with Gasteiger partial charge in [-0.15, -0.1) is 0 Å². The van der Waals surface area contributed by atoms with Crippen LogP contribution in [0.5, 0.6) is 0 Å². The number of carbonyl (C=O) groups is 1. The Bertz CT molecular complexity index is 881. The number of benzene rings is 2. The third kappa shape index (κ3) is 3.89. The van der Waals surface area contributed by atoms with Crippen LogP contribution < -0.4 is 5.32 Å². The van der Waals surface area contributed by atoms with E-state index in [1.807, 2.05) is 55.5 Å². The van der Waals surface area contributed by atoms with Gasteiger partial charge in [-0.05, 0) is 69.3 Å². The molecule has 1 N–H and O–H groups in total. The highest BCUT2D eigenvalue weighted by atomic mass is 16.1. The third-order valence-electron chi connectivity index (χ3n) is 4.22. The van der Waals surface area contributed by atoms with E-state index in [1.54, 1.807) is 12.3 Å². The lowest BCUT2D eigenvalue weighted by atomic mass is 10.1. The molecule has 0 amide bonds. The van der Waals surface area contributed by atoms with Crippen LogP contribution in [0.15, 0.2) is 72.9 Å². The van der Waals surface area contributed by atoms with Crippen LogP contribution in [-0.2, 0) is 0 Å². The highest BCUT2D eigenvalue weighted by molar-refractivity contribution is 6.04. The molecule has 0 aliphatic carbocycles. The molecule has 0 radical (unpaired) electrons. The fraction of sp³-hybridized carbons (Fsp3) is 0.136. The van der Waals surface area contributed by atoms with Gasteiger partial charge >= 0.3 is 0 Å². The van der Waals surface area contributed by atoms with Crippen molar-refractivity contribution in [3.05, 3.63) is 95.5 Å². The van der Waals surface area contributed by atoms with Gasteiger partial charge in [-0.2, -0.15) is 0 Å². The minimum Gasteiger partial charge on any atom is -0.362 e. The normalized spacial score (nSPS) is 11.0. The van der Waals surface area contributed by atoms with Gasteiger partial charge in [0.25, 0.3) is 0 Å². The van der Waals surface area contributed by atoms with Crippen molar-refractivity contribution >= 4 is 11.5 Å². The molecule has 3 nitrogen and oxygen atoms in total. The van der Waals surface area contributed by atoms with Crippen LogP contribution in [0.25, 0.3) is 5.69 Å². The van der Waals surface area contributed by atoms with Crippen molar-refractivity contribution in [2.45, 2.75) is 20.8 Å². The van der Waals surface area contributed by atoms with E-state index in [0.717, 1.165) is 11.4 Å². The number of ketones is 1. The molecule has 0 aliphatic rings. The molecule has 0 bridgehead atoms. The van der Waals surface area contributed by atoms with Crippen molar-refractivity contribution in [2.75, 3.05) is 5.32 Å². The molecule has 126 valence electrons. The van der Waals surface area contributed by atoms with Crippen LogP contribution in [-0.4, -0.2) is 10.4 Å². The number of hydrogen-bond donors (Lipinski definition) is 1. The van der Waals surface area contributed by atoms with Gasteiger partial charge in [0.05, 0.1) is 0 Å². The van der Waals surface area contributed by atoms with E-state index in [0.29, 0.717) is 5.56 Å². The number of aryl methyl sites for hydroxylation is 3. The maximum Gasteiger partial charge on any atom is 0.187 e. The Morgan fingerprint density at radius 2 is 1.44 bits per heavy atom. The SMILES string of the molecule is Cc1ccc(N/C=C/C(=O)c2ccc(-n3c(C)ccc3C)cc2)cc1. The van der Waals surface area contributed by atoms with Crippen LogP contribution in [0.3, 0.4) is 0 Å². The number of hydrogen-bond acceptors (Lipinski definition) is 2. The molecule has 0 saturated carbocycles. The summed E-state index contributed by atoms with van der Waals surface area (Å²) in [4.78, 5) is 12.3. The molecule has 0 aliphatic heterocycles. The Morgan fingerprint density at radius 1 is 0.840 bits per heavy atom. The van der Waals surface area contributed by atoms with Gasteiger partial charge in [0.1, 0.15) is 0 Å². The zero-order valence-corrected chi connectivity index (χ0v) is 14.8. The maximum atomic E-state index is 12.3. The molecule has 3 rings (SSSR count). The summed E-state index contributed by atoms with van der Waals surface area (Å²) in [5, 5.41) is 3.12. The fourth-order valence-electron chi connectivity index (χ4n) is 2.81. The number of nitrogens with one attached hydrogen (secondary N) is 1. The lowest BCUT2D eigenvalue weighted by Crippen LogP contribution is -2.00. The Morgan fingerprint density at radius 3 is 2.04 bits per heavy atom. The van der Waals surface area contributed by atoms with Crippen molar-refractivity contribution in [1.29, 1.82) is 0 Å². The maximum absolute atomic E-state index is 12.3. The molecule has 0 atom stereocenters. The van der Waals surface area contributed by atoms with Crippen molar-refractivity contribution < 1.29 is 4.79 Å². The summed E-state index contributed by atoms with van der Waals surface area (Å²) >= 11 is 0. The molecule has 0 saturated heterocycles. The van der Waals surface area contributed by atoms with Gasteiger partial charge in [0.15, 0.2) is 5.78 Å². The van der Waals surface area contributed by atoms with E-state index >= 15 is 0 Å². The van der Waals surface area contributed by atoms with Crippen LogP contribution >= 0.6 is 0 Å². The first-order valence-corrected chi connectivity index (χ1v) is 8.34. The number of allylic oxidation sites excluding steroid dienone is 1. The Balaban J connectivity index is 1.68. The zero-order chi connectivity index (χ0) is 17.8. The summed E-state index contributed by atoms with van der Waals surface area (Å²) < 4.78 is 2.17. The van der Waals surface area contributed by atoms with E-state index in [2.05, 4.69) is 35.9 Å². The van der Waals surface area contributed by atoms with Crippen LogP contribution in [0.1, 0.15) is 27.3 Å². The summed E-state index contributed by atoms with van der Waals surface area (Å²) in [5.41, 5.74) is 6.27. The Kier molecular flexibility index (Phi) is 4.85. The standard InChI is InChI=1S/C22H22N2O/c1-16-4-10-20(11-5-16)23-15-14-22(25)19-8-12-21(13-9-19)24-17(2)6-7-18(24)3/h4-15,23H,1-3H3/b15-14+. The van der Waals surface area contributed by atoms with Crippen LogP contribution in [0.2, 0.25) is 0 Å². The van der Waals surface area contributed by atoms with Crippen molar-refractivity contribution in [3.8, 4) is 5.69 Å². The van der Waals surface area contributed by atoms with Gasteiger partial charge < -0.3 is 9.88 Å². The topological polar surface area (TPSA) is 34.0 Å². The number of anilines is 1. The lowest BCUT2D eigenvalue weighted by Gasteiger charge is -2.09. The van der Waals surface area contributed by atoms with Crippen molar-refractivity contribution in [3.63, 3.8) is 0 Å². The van der Waals surface area contributed by atoms with Crippen molar-refractivity contribution in [2.24, 2.45) is 0 Å². The second-order valence-corrected chi connectivity index (χ2v) is 6.21. The van der Waals surface area contributed by atoms with Gasteiger partial charge in [-0.25, -0.2) is 0 Å². The Hall–Kier alpha value is -3.07. The minimum atomic E-state index is -0.0212. The molecule has 25 heavy (non-hydrogen) atoms. The summed E-state index contributed by atoms with van der Waals surface area (Å²) in [7, 11) is 0. The molecule has 1 aromatic heterocycles. The predicted octanol–water partition coefficient (Wildman–Crippen LogP) is 5.21. The van der Waals surface area contributed by atoms with Gasteiger partial charge in [0.2, 0.25) is 0 Å². The van der Waals surface area contributed by atoms with Gasteiger partial charge in [-0.1, -0.05) is 17.7 Å². The lowest BCUT2D eigenvalue weighted by molar-refractivity contribution is 0.104. The first-order chi connectivity index (χ1) is 12.0. The second kappa shape index (κ2) is 7.22. The highest BCUT2D eigenvalue weighted by Crippen LogP contribution is 2.17. The number of nitrogens with zero attached hydrogens (tertiary/aromatic N) is 1. The average molecular weight is 330 g/mol. The molecular formula is C22H22N2O. The van der Waals surface area contributed by atoms with E-state index in [1.165, 1.54) is 17.0 Å². The third-order valence-corrected chi connectivity index (χ3v) is 4.22. The number of carbonyl (C=O) groups excluding carboxylic acids is 1. The van der Waals surface area contributed by atoms with E-state index < -0.39 is 0 Å². The molecular weight excluding hydrogens is 308 g/mol. The smallest absolute Gasteiger partial charge is 0.187 e. The molecule has 0 fully saturated rings. The van der Waals surface area contributed by atoms with Gasteiger partial charge in [-0.3, -0.25) is 4.79 Å². The van der Waals surface area contributed by atoms with Crippen LogP contribution in [0, 0.1) is 20.8 Å². The van der Waals surface area contributed by atoms with Crippen LogP contribution in [0.4, 0.5) is 5.69 Å². The summed E-state index contributed by atoms with van der Waals surface area (Å²) in [6.45, 7) is 6.20. The van der Waals surface area contributed by atoms with Gasteiger partial charge in [0, 0.05) is 40.6 Å². The minimum absolute atomic E-state index is 0.0212. The monoisotopic (exact) mass is 330 g/mol. The average Bonchev–Trinajstić information content (AvgIpc) is 2.95. The fourth-order valence-corrected chi connectivity index (χ4v) is 2.81. The summed E-state index contributed by atoms with van der Waals surface area (Å²) in [6.07, 6.45) is 3.24. The summed E-state index contributed by atoms with van der Waals surface area (Å²) in [6, 6.07) is 19.9. The largest absolute Gasteiger partial charge is 0.362 e. The first kappa shape index (κ1) is 16.8. The molecule has 3 heteroatoms. The predicted molar refractivity (Wildman–Crippen MR) is 104 cm³/mol. The Labute approximate surface area is 148 Å². The molecule has 2 aromatic carbocycles. The highest BCUT2D eigenvalue weighted by Gasteiger charge is 2.06. The molecule has 1 heterocycles. The van der Waals surface area contributed by atoms with Crippen molar-refractivity contribution in [1.82, 2.24) is 4.57 Å². The molecule has 0 unspecified atom stereocenters. The number of rotatable bonds is 5. The molecule has 0 spiro atoms. The van der Waals surface area contributed by atoms with E-state index in [-0.39, 0.29) is 5.78 Å². The molecule has 3 aromatic rings. The quantitative estimate of drug-likeness (QED) is 0.514. The summed E-state index contributed by atoms with van der Waals surface area (Å²) in [5.74, 6) is -0.0212. The van der Waals surface area contributed by atoms with E-state index in [9.17, 15) is 4.79 Å². The first-order valence-electron chi connectivity index (χ1n) is 8.34. The number of aromatic nitrogens is 1. The second-order valence-electron chi connectivity index (χ2n) is 6.21. The van der Waals surface area contributed by atoms with E-state index in [4.69, 9.17) is 0 Å².